The van der Waals surface area contributed by atoms with Crippen molar-refractivity contribution in [2.75, 3.05) is 13.7 Å². The number of hydrogen-bond donors (Lipinski definition) is 4. The monoisotopic (exact) mass is 458 g/mol. The van der Waals surface area contributed by atoms with E-state index in [1.165, 1.54) is 26.4 Å². The van der Waals surface area contributed by atoms with Crippen LogP contribution in [0.2, 0.25) is 10.0 Å². The number of likely N-dealkylation sites (tertiary alicyclic amines) is 1. The average Bonchev–Trinajstić information content (AvgIpc) is 3.27. The molecule has 3 aliphatic heterocycles. The van der Waals surface area contributed by atoms with Crippen LogP contribution in [-0.2, 0) is 15.2 Å². The second-order valence-corrected chi connectivity index (χ2v) is 8.65. The summed E-state index contributed by atoms with van der Waals surface area (Å²) in [6.45, 7) is 2.07. The maximum Gasteiger partial charge on any atom is 0.141 e. The zero-order chi connectivity index (χ0) is 21.6. The lowest BCUT2D eigenvalue weighted by Crippen LogP contribution is -2.49. The number of nitrogens with one attached hydrogen (secondary N) is 1. The van der Waals surface area contributed by atoms with E-state index in [9.17, 15) is 15.3 Å². The van der Waals surface area contributed by atoms with Gasteiger partial charge in [-0.05, 0) is 31.0 Å². The Labute approximate surface area is 183 Å². The van der Waals surface area contributed by atoms with Gasteiger partial charge in [-0.3, -0.25) is 20.2 Å². The molecule has 1 aromatic rings. The predicted octanol–water partition coefficient (Wildman–Crippen LogP) is 0.887. The summed E-state index contributed by atoms with van der Waals surface area (Å²) in [6.07, 6.45) is -2.69. The first-order valence-corrected chi connectivity index (χ1v) is 10.3. The van der Waals surface area contributed by atoms with E-state index < -0.39 is 30.1 Å². The van der Waals surface area contributed by atoms with Gasteiger partial charge in [0, 0.05) is 6.54 Å². The molecule has 0 bridgehead atoms. The largest absolute Gasteiger partial charge is 0.387 e. The molecule has 3 aliphatic rings. The molecule has 0 aliphatic carbocycles. The number of benzene rings is 1. The van der Waals surface area contributed by atoms with Gasteiger partial charge in [0.2, 0.25) is 0 Å². The van der Waals surface area contributed by atoms with Gasteiger partial charge in [-0.1, -0.05) is 29.3 Å². The summed E-state index contributed by atoms with van der Waals surface area (Å²) in [5, 5.41) is 33.3. The van der Waals surface area contributed by atoms with Gasteiger partial charge in [0.05, 0.1) is 23.1 Å². The highest BCUT2D eigenvalue weighted by molar-refractivity contribution is 6.42. The first-order valence-electron chi connectivity index (χ1n) is 9.59. The van der Waals surface area contributed by atoms with Crippen molar-refractivity contribution in [2.24, 2.45) is 15.9 Å². The summed E-state index contributed by atoms with van der Waals surface area (Å²) in [4.78, 5) is 15.5. The van der Waals surface area contributed by atoms with E-state index in [4.69, 9.17) is 32.8 Å². The lowest BCUT2D eigenvalue weighted by atomic mass is 9.87. The minimum atomic E-state index is -1.62. The quantitative estimate of drug-likeness (QED) is 0.494. The van der Waals surface area contributed by atoms with Crippen LogP contribution >= 0.6 is 23.2 Å². The second kappa shape index (κ2) is 8.33. The number of aliphatic hydroxyl groups excluding tert-OH is 2. The van der Waals surface area contributed by atoms with Gasteiger partial charge in [0.15, 0.2) is 0 Å². The second-order valence-electron chi connectivity index (χ2n) is 7.84. The zero-order valence-corrected chi connectivity index (χ0v) is 18.0. The van der Waals surface area contributed by atoms with Gasteiger partial charge >= 0.3 is 0 Å². The van der Waals surface area contributed by atoms with E-state index in [0.29, 0.717) is 29.4 Å². The molecule has 0 aromatic heterocycles. The molecule has 164 valence electrons. The summed E-state index contributed by atoms with van der Waals surface area (Å²) in [5.74, 6) is 0.588. The van der Waals surface area contributed by atoms with Crippen LogP contribution < -0.4 is 5.48 Å². The molecule has 2 unspecified atom stereocenters. The molecule has 2 fully saturated rings. The van der Waals surface area contributed by atoms with Gasteiger partial charge in [-0.25, -0.2) is 4.99 Å². The highest BCUT2D eigenvalue weighted by Gasteiger charge is 2.56. The third-order valence-corrected chi connectivity index (χ3v) is 6.73. The number of ether oxygens (including phenoxy) is 1. The van der Waals surface area contributed by atoms with Crippen molar-refractivity contribution >= 4 is 35.4 Å². The van der Waals surface area contributed by atoms with Crippen molar-refractivity contribution in [1.29, 1.82) is 0 Å². The molecular weight excluding hydrogens is 435 g/mol. The van der Waals surface area contributed by atoms with Crippen molar-refractivity contribution in [1.82, 2.24) is 10.4 Å². The summed E-state index contributed by atoms with van der Waals surface area (Å²) < 4.78 is 6.04. The lowest BCUT2D eigenvalue weighted by molar-refractivity contribution is -0.154. The van der Waals surface area contributed by atoms with Crippen LogP contribution in [0.4, 0.5) is 0 Å². The highest BCUT2D eigenvalue weighted by atomic mass is 35.5. The maximum absolute atomic E-state index is 11.2. The van der Waals surface area contributed by atoms with E-state index in [2.05, 4.69) is 15.5 Å². The van der Waals surface area contributed by atoms with Crippen LogP contribution in [0.3, 0.4) is 0 Å². The van der Waals surface area contributed by atoms with Gasteiger partial charge in [0.25, 0.3) is 0 Å². The van der Waals surface area contributed by atoms with Crippen LogP contribution in [0.5, 0.6) is 0 Å². The van der Waals surface area contributed by atoms with Crippen LogP contribution in [-0.4, -0.2) is 76.8 Å². The maximum atomic E-state index is 11.2. The van der Waals surface area contributed by atoms with E-state index in [1.54, 1.807) is 12.1 Å². The number of aliphatic hydroxyl groups is 3. The molecule has 1 aromatic carbocycles. The van der Waals surface area contributed by atoms with Crippen molar-refractivity contribution in [3.8, 4) is 0 Å². The minimum Gasteiger partial charge on any atom is -0.387 e. The molecule has 4 N–H and O–H groups in total. The number of halogens is 2. The first-order chi connectivity index (χ1) is 14.3. The van der Waals surface area contributed by atoms with Crippen molar-refractivity contribution < 1.29 is 24.9 Å². The van der Waals surface area contributed by atoms with Crippen molar-refractivity contribution in [2.45, 2.75) is 49.7 Å². The van der Waals surface area contributed by atoms with Crippen LogP contribution in [0.25, 0.3) is 0 Å². The van der Waals surface area contributed by atoms with Gasteiger partial charge < -0.3 is 20.1 Å². The first kappa shape index (κ1) is 21.9. The summed E-state index contributed by atoms with van der Waals surface area (Å²) in [6, 6.07) is 4.70. The minimum absolute atomic E-state index is 0.0578. The lowest BCUT2D eigenvalue weighted by Gasteiger charge is -2.34. The highest BCUT2D eigenvalue weighted by Crippen LogP contribution is 2.41. The van der Waals surface area contributed by atoms with Crippen molar-refractivity contribution in [3.63, 3.8) is 0 Å². The summed E-state index contributed by atoms with van der Waals surface area (Å²) >= 11 is 12.1. The SMILES string of the molecule is CONC1=NC=NC2C1CCN2[C@@H]1O[C@H]([C@](C)(O)c2ccc(Cl)c(Cl)c2)[C@@H](O)[C@H]1O. The standard InChI is InChI=1S/C19H24Cl2N4O5/c1-19(28,9-3-4-11(20)12(21)7-9)15-13(26)14(27)18(30-15)25-6-5-10-16(24-29-2)22-8-23-17(10)25/h3-4,7-8,10,13-15,17-18,26-28H,5-6H2,1-2H3,(H,22,23,24)/t10?,13-,14+,15-,17?,18+,19+/m0/s1. The third kappa shape index (κ3) is 3.63. The number of hydroxylamine groups is 1. The Morgan fingerprint density at radius 3 is 2.73 bits per heavy atom. The van der Waals surface area contributed by atoms with E-state index in [0.717, 1.165) is 0 Å². The molecular formula is C19H24Cl2N4O5. The van der Waals surface area contributed by atoms with Crippen LogP contribution in [0.15, 0.2) is 28.2 Å². The van der Waals surface area contributed by atoms with Crippen LogP contribution in [0, 0.1) is 5.92 Å². The molecule has 0 spiro atoms. The van der Waals surface area contributed by atoms with Gasteiger partial charge in [0.1, 0.15) is 48.5 Å². The molecule has 0 radical (unpaired) electrons. The van der Waals surface area contributed by atoms with Gasteiger partial charge in [-0.15, -0.1) is 0 Å². The van der Waals surface area contributed by atoms with E-state index in [1.807, 2.05) is 4.90 Å². The summed E-state index contributed by atoms with van der Waals surface area (Å²) in [5.41, 5.74) is 1.56. The number of rotatable bonds is 4. The number of nitrogens with zero attached hydrogens (tertiary/aromatic N) is 3. The molecule has 3 heterocycles. The Bertz CT molecular complexity index is 867. The fraction of sp³-hybridized carbons (Fsp3) is 0.579. The summed E-state index contributed by atoms with van der Waals surface area (Å²) in [7, 11) is 1.51. The fourth-order valence-electron chi connectivity index (χ4n) is 4.39. The molecule has 7 atom stereocenters. The molecule has 0 saturated carbocycles. The Kier molecular flexibility index (Phi) is 6.08. The average molecular weight is 459 g/mol. The molecule has 11 heteroatoms. The molecule has 4 rings (SSSR count). The normalized spacial score (nSPS) is 35.8. The van der Waals surface area contributed by atoms with Gasteiger partial charge in [-0.2, -0.15) is 0 Å². The van der Waals surface area contributed by atoms with E-state index >= 15 is 0 Å². The molecule has 2 saturated heterocycles. The smallest absolute Gasteiger partial charge is 0.141 e. The van der Waals surface area contributed by atoms with Crippen LogP contribution in [0.1, 0.15) is 18.9 Å². The number of fused-ring (bicyclic) bond motifs is 1. The third-order valence-electron chi connectivity index (χ3n) is 6.00. The number of amidine groups is 1. The molecule has 30 heavy (non-hydrogen) atoms. The molecule has 9 nitrogen and oxygen atoms in total. The number of hydrogen-bond acceptors (Lipinski definition) is 9. The fourth-order valence-corrected chi connectivity index (χ4v) is 4.68. The Hall–Kier alpha value is -1.30. The number of aliphatic imine (C=N–C) groups is 2. The predicted molar refractivity (Wildman–Crippen MR) is 111 cm³/mol. The van der Waals surface area contributed by atoms with Crippen molar-refractivity contribution in [3.05, 3.63) is 33.8 Å². The Morgan fingerprint density at radius 1 is 1.27 bits per heavy atom. The Balaban J connectivity index is 1.56. The molecule has 0 amide bonds. The Morgan fingerprint density at radius 2 is 2.03 bits per heavy atom. The van der Waals surface area contributed by atoms with E-state index in [-0.39, 0.29) is 17.1 Å². The topological polar surface area (TPSA) is 119 Å². The zero-order valence-electron chi connectivity index (χ0n) is 16.4.